The summed E-state index contributed by atoms with van der Waals surface area (Å²) in [6, 6.07) is 12.4. The number of rotatable bonds is 8. The molecule has 0 aliphatic rings. The molecule has 0 unspecified atom stereocenters. The molecule has 4 rings (SSSR count). The summed E-state index contributed by atoms with van der Waals surface area (Å²) in [4.78, 5) is 25.1. The first kappa shape index (κ1) is 29.7. The average Bonchev–Trinajstić information content (AvgIpc) is 3.31. The number of halogens is 7. The molecule has 208 valence electrons. The van der Waals surface area contributed by atoms with E-state index in [2.05, 4.69) is 20.8 Å². The van der Waals surface area contributed by atoms with Gasteiger partial charge >= 0.3 is 6.18 Å². The highest BCUT2D eigenvalue weighted by atomic mass is 35.5. The van der Waals surface area contributed by atoms with Gasteiger partial charge in [-0.2, -0.15) is 13.2 Å². The Hall–Kier alpha value is -3.32. The summed E-state index contributed by atoms with van der Waals surface area (Å²) in [7, 11) is 0. The Morgan fingerprint density at radius 2 is 1.68 bits per heavy atom. The quantitative estimate of drug-likeness (QED) is 0.161. The van der Waals surface area contributed by atoms with E-state index in [1.165, 1.54) is 34.9 Å². The van der Waals surface area contributed by atoms with E-state index in [1.807, 2.05) is 0 Å². The van der Waals surface area contributed by atoms with Crippen LogP contribution in [-0.2, 0) is 17.5 Å². The predicted molar refractivity (Wildman–Crippen MR) is 145 cm³/mol. The molecule has 2 N–H and O–H groups in total. The summed E-state index contributed by atoms with van der Waals surface area (Å²) >= 11 is 19.1. The van der Waals surface area contributed by atoms with Gasteiger partial charge in [0, 0.05) is 5.56 Å². The lowest BCUT2D eigenvalue weighted by Crippen LogP contribution is -2.24. The number of carbonyl (C=O) groups excluding carboxylic acids is 2. The van der Waals surface area contributed by atoms with E-state index in [1.54, 1.807) is 6.07 Å². The Balaban J connectivity index is 1.54. The molecule has 0 bridgehead atoms. The minimum atomic E-state index is -4.62. The number of amides is 2. The third-order valence-electron chi connectivity index (χ3n) is 5.26. The number of benzene rings is 3. The number of alkyl halides is 3. The molecule has 4 aromatic rings. The highest BCUT2D eigenvalue weighted by Gasteiger charge is 2.31. The molecular formula is C25H16Cl3F4N5O2S. The second-order valence-corrected chi connectivity index (χ2v) is 10.2. The minimum Gasteiger partial charge on any atom is -0.345 e. The minimum absolute atomic E-state index is 0.0679. The number of thioether (sulfide) groups is 1. The van der Waals surface area contributed by atoms with Gasteiger partial charge in [-0.3, -0.25) is 14.2 Å². The second kappa shape index (κ2) is 12.5. The van der Waals surface area contributed by atoms with Crippen molar-refractivity contribution in [3.05, 3.63) is 98.5 Å². The van der Waals surface area contributed by atoms with Gasteiger partial charge in [0.25, 0.3) is 5.91 Å². The molecule has 0 spiro atoms. The average molecular weight is 633 g/mol. The molecule has 1 heterocycles. The maximum absolute atomic E-state index is 13.5. The Kier molecular flexibility index (Phi) is 9.24. The van der Waals surface area contributed by atoms with Gasteiger partial charge in [-0.15, -0.1) is 10.2 Å². The summed E-state index contributed by atoms with van der Waals surface area (Å²) in [6.45, 7) is -0.130. The first-order chi connectivity index (χ1) is 18.9. The van der Waals surface area contributed by atoms with Crippen molar-refractivity contribution in [2.45, 2.75) is 17.9 Å². The van der Waals surface area contributed by atoms with E-state index in [4.69, 9.17) is 34.8 Å². The Labute approximate surface area is 243 Å². The van der Waals surface area contributed by atoms with Gasteiger partial charge in [-0.25, -0.2) is 4.39 Å². The molecule has 0 radical (unpaired) electrons. The lowest BCUT2D eigenvalue weighted by atomic mass is 10.2. The predicted octanol–water partition coefficient (Wildman–Crippen LogP) is 7.05. The van der Waals surface area contributed by atoms with Crippen LogP contribution in [0.5, 0.6) is 0 Å². The van der Waals surface area contributed by atoms with Crippen LogP contribution in [0.15, 0.2) is 65.8 Å². The summed E-state index contributed by atoms with van der Waals surface area (Å²) in [5.41, 5.74) is -0.615. The second-order valence-electron chi connectivity index (χ2n) is 8.05. The van der Waals surface area contributed by atoms with Crippen molar-refractivity contribution < 1.29 is 27.2 Å². The summed E-state index contributed by atoms with van der Waals surface area (Å²) in [6.07, 6.45) is -4.62. The Morgan fingerprint density at radius 3 is 2.38 bits per heavy atom. The standard InChI is InChI=1S/C25H16Cl3F4N5O2S/c26-17-7-5-16(10-19(17)28)37-21(11-33-23(39)13-2-1-3-15(29)8-13)35-36-24(37)40-12-22(38)34-20-9-14(25(30,31)32)4-6-18(20)27/h1-10H,11-12H2,(H,33,39)(H,34,38). The molecule has 2 amide bonds. The van der Waals surface area contributed by atoms with Crippen LogP contribution in [0.25, 0.3) is 5.69 Å². The zero-order valence-corrected chi connectivity index (χ0v) is 23.0. The number of nitrogens with zero attached hydrogens (tertiary/aromatic N) is 3. The van der Waals surface area contributed by atoms with Gasteiger partial charge in [-0.05, 0) is 54.6 Å². The molecule has 0 aliphatic carbocycles. The summed E-state index contributed by atoms with van der Waals surface area (Å²) in [5, 5.41) is 13.8. The SMILES string of the molecule is O=C(CSc1nnc(CNC(=O)c2cccc(F)c2)n1-c1ccc(Cl)c(Cl)c1)Nc1cc(C(F)(F)F)ccc1Cl. The smallest absolute Gasteiger partial charge is 0.345 e. The van der Waals surface area contributed by atoms with Crippen molar-refractivity contribution in [3.8, 4) is 5.69 Å². The van der Waals surface area contributed by atoms with Crippen molar-refractivity contribution in [2.75, 3.05) is 11.1 Å². The largest absolute Gasteiger partial charge is 0.416 e. The summed E-state index contributed by atoms with van der Waals surface area (Å²) in [5.74, 6) is -1.82. The molecule has 15 heteroatoms. The lowest BCUT2D eigenvalue weighted by Gasteiger charge is -2.13. The Bertz CT molecular complexity index is 1580. The van der Waals surface area contributed by atoms with Crippen LogP contribution in [0, 0.1) is 5.82 Å². The molecule has 0 aliphatic heterocycles. The lowest BCUT2D eigenvalue weighted by molar-refractivity contribution is -0.137. The van der Waals surface area contributed by atoms with E-state index in [0.29, 0.717) is 5.69 Å². The fourth-order valence-electron chi connectivity index (χ4n) is 3.40. The number of anilines is 1. The van der Waals surface area contributed by atoms with Crippen LogP contribution in [0.4, 0.5) is 23.2 Å². The number of carbonyl (C=O) groups is 2. The van der Waals surface area contributed by atoms with E-state index in [0.717, 1.165) is 36.0 Å². The zero-order valence-electron chi connectivity index (χ0n) is 19.9. The molecule has 40 heavy (non-hydrogen) atoms. The fraction of sp³-hybridized carbons (Fsp3) is 0.120. The Morgan fingerprint density at radius 1 is 0.925 bits per heavy atom. The third-order valence-corrected chi connectivity index (χ3v) is 7.25. The van der Waals surface area contributed by atoms with Crippen molar-refractivity contribution >= 4 is 64.1 Å². The molecule has 0 fully saturated rings. The van der Waals surface area contributed by atoms with Crippen LogP contribution < -0.4 is 10.6 Å². The molecule has 1 aromatic heterocycles. The van der Waals surface area contributed by atoms with Crippen LogP contribution in [0.2, 0.25) is 15.1 Å². The molecule has 0 saturated heterocycles. The highest BCUT2D eigenvalue weighted by molar-refractivity contribution is 7.99. The van der Waals surface area contributed by atoms with Gasteiger partial charge in [0.15, 0.2) is 11.0 Å². The fourth-order valence-corrected chi connectivity index (χ4v) is 4.62. The molecular weight excluding hydrogens is 617 g/mol. The van der Waals surface area contributed by atoms with Gasteiger partial charge in [0.05, 0.1) is 44.3 Å². The number of hydrogen-bond donors (Lipinski definition) is 2. The molecule has 0 atom stereocenters. The topological polar surface area (TPSA) is 88.9 Å². The van der Waals surface area contributed by atoms with E-state index >= 15 is 0 Å². The molecule has 0 saturated carbocycles. The van der Waals surface area contributed by atoms with E-state index < -0.39 is 29.4 Å². The van der Waals surface area contributed by atoms with Crippen LogP contribution in [0.3, 0.4) is 0 Å². The van der Waals surface area contributed by atoms with Crippen molar-refractivity contribution in [1.29, 1.82) is 0 Å². The van der Waals surface area contributed by atoms with Crippen LogP contribution in [-0.4, -0.2) is 32.3 Å². The first-order valence-electron chi connectivity index (χ1n) is 11.2. The van der Waals surface area contributed by atoms with Crippen LogP contribution in [0.1, 0.15) is 21.7 Å². The number of nitrogens with one attached hydrogen (secondary N) is 2. The van der Waals surface area contributed by atoms with Gasteiger partial charge < -0.3 is 10.6 Å². The zero-order chi connectivity index (χ0) is 29.0. The molecule has 3 aromatic carbocycles. The molecule has 7 nitrogen and oxygen atoms in total. The van der Waals surface area contributed by atoms with E-state index in [9.17, 15) is 27.2 Å². The van der Waals surface area contributed by atoms with Gasteiger partial charge in [0.1, 0.15) is 5.82 Å². The maximum atomic E-state index is 13.5. The van der Waals surface area contributed by atoms with Crippen molar-refractivity contribution in [1.82, 2.24) is 20.1 Å². The van der Waals surface area contributed by atoms with Crippen LogP contribution >= 0.6 is 46.6 Å². The van der Waals surface area contributed by atoms with Crippen molar-refractivity contribution in [2.24, 2.45) is 0 Å². The normalized spacial score (nSPS) is 11.4. The number of aromatic nitrogens is 3. The van der Waals surface area contributed by atoms with Crippen molar-refractivity contribution in [3.63, 3.8) is 0 Å². The third kappa shape index (κ3) is 7.25. The van der Waals surface area contributed by atoms with Gasteiger partial charge in [0.2, 0.25) is 5.91 Å². The van der Waals surface area contributed by atoms with Gasteiger partial charge in [-0.1, -0.05) is 52.6 Å². The first-order valence-corrected chi connectivity index (χ1v) is 13.3. The monoisotopic (exact) mass is 631 g/mol. The summed E-state index contributed by atoms with van der Waals surface area (Å²) < 4.78 is 54.2. The van der Waals surface area contributed by atoms with E-state index in [-0.39, 0.29) is 49.6 Å². The maximum Gasteiger partial charge on any atom is 0.416 e. The highest BCUT2D eigenvalue weighted by Crippen LogP contribution is 2.34. The number of hydrogen-bond acceptors (Lipinski definition) is 5.